The van der Waals surface area contributed by atoms with Crippen LogP contribution in [0, 0.1) is 19.7 Å². The Morgan fingerprint density at radius 3 is 2.53 bits per heavy atom. The molecule has 96 valence electrons. The SMILES string of the molecule is Cc1ccc(C(=O)/C=C/c2cccc(F)c2)cc1C. The lowest BCUT2D eigenvalue weighted by atomic mass is 10.0. The van der Waals surface area contributed by atoms with E-state index in [4.69, 9.17) is 0 Å². The molecule has 0 radical (unpaired) electrons. The Hall–Kier alpha value is -2.22. The number of hydrogen-bond acceptors (Lipinski definition) is 1. The molecule has 0 aliphatic rings. The van der Waals surface area contributed by atoms with Crippen molar-refractivity contribution in [2.45, 2.75) is 13.8 Å². The summed E-state index contributed by atoms with van der Waals surface area (Å²) in [6.07, 6.45) is 3.10. The first-order valence-electron chi connectivity index (χ1n) is 6.11. The zero-order valence-electron chi connectivity index (χ0n) is 11.0. The highest BCUT2D eigenvalue weighted by atomic mass is 19.1. The van der Waals surface area contributed by atoms with Crippen molar-refractivity contribution in [2.24, 2.45) is 0 Å². The third kappa shape index (κ3) is 3.38. The maximum atomic E-state index is 13.0. The van der Waals surface area contributed by atoms with E-state index in [1.54, 1.807) is 24.3 Å². The van der Waals surface area contributed by atoms with E-state index in [1.165, 1.54) is 18.2 Å². The standard InChI is InChI=1S/C17H15FO/c1-12-6-8-15(10-13(12)2)17(19)9-7-14-4-3-5-16(18)11-14/h3-11H,1-2H3/b9-7+. The highest BCUT2D eigenvalue weighted by molar-refractivity contribution is 6.06. The van der Waals surface area contributed by atoms with Gasteiger partial charge in [-0.1, -0.05) is 30.3 Å². The maximum Gasteiger partial charge on any atom is 0.185 e. The van der Waals surface area contributed by atoms with E-state index in [0.717, 1.165) is 11.1 Å². The van der Waals surface area contributed by atoms with Crippen molar-refractivity contribution in [2.75, 3.05) is 0 Å². The van der Waals surface area contributed by atoms with E-state index in [2.05, 4.69) is 0 Å². The topological polar surface area (TPSA) is 17.1 Å². The van der Waals surface area contributed by atoms with Crippen LogP contribution in [0.5, 0.6) is 0 Å². The first-order chi connectivity index (χ1) is 9.06. The molecular weight excluding hydrogens is 239 g/mol. The highest BCUT2D eigenvalue weighted by Gasteiger charge is 2.03. The van der Waals surface area contributed by atoms with Crippen molar-refractivity contribution < 1.29 is 9.18 Å². The molecule has 19 heavy (non-hydrogen) atoms. The fourth-order valence-corrected chi connectivity index (χ4v) is 1.77. The Kier molecular flexibility index (Phi) is 3.91. The largest absolute Gasteiger partial charge is 0.289 e. The minimum Gasteiger partial charge on any atom is -0.289 e. The van der Waals surface area contributed by atoms with Gasteiger partial charge in [0.05, 0.1) is 0 Å². The zero-order valence-corrected chi connectivity index (χ0v) is 11.0. The lowest BCUT2D eigenvalue weighted by molar-refractivity contribution is 0.104. The lowest BCUT2D eigenvalue weighted by Gasteiger charge is -2.01. The summed E-state index contributed by atoms with van der Waals surface area (Å²) in [4.78, 5) is 12.0. The molecule has 1 nitrogen and oxygen atoms in total. The Labute approximate surface area is 112 Å². The number of hydrogen-bond donors (Lipinski definition) is 0. The van der Waals surface area contributed by atoms with Crippen molar-refractivity contribution in [1.29, 1.82) is 0 Å². The molecule has 0 bridgehead atoms. The fourth-order valence-electron chi connectivity index (χ4n) is 1.77. The summed E-state index contributed by atoms with van der Waals surface area (Å²) in [6, 6.07) is 11.8. The molecule has 2 heteroatoms. The van der Waals surface area contributed by atoms with Crippen LogP contribution in [-0.2, 0) is 0 Å². The lowest BCUT2D eigenvalue weighted by Crippen LogP contribution is -1.95. The third-order valence-electron chi connectivity index (χ3n) is 3.07. The summed E-state index contributed by atoms with van der Waals surface area (Å²) >= 11 is 0. The Morgan fingerprint density at radius 1 is 1.05 bits per heavy atom. The van der Waals surface area contributed by atoms with Gasteiger partial charge < -0.3 is 0 Å². The molecule has 0 heterocycles. The number of halogens is 1. The molecule has 0 aliphatic carbocycles. The monoisotopic (exact) mass is 254 g/mol. The molecule has 0 spiro atoms. The van der Waals surface area contributed by atoms with E-state index in [1.807, 2.05) is 26.0 Å². The Morgan fingerprint density at radius 2 is 1.84 bits per heavy atom. The second kappa shape index (κ2) is 5.61. The van der Waals surface area contributed by atoms with Gasteiger partial charge in [-0.3, -0.25) is 4.79 Å². The maximum absolute atomic E-state index is 13.0. The fraction of sp³-hybridized carbons (Fsp3) is 0.118. The normalized spacial score (nSPS) is 10.9. The predicted molar refractivity (Wildman–Crippen MR) is 75.7 cm³/mol. The quantitative estimate of drug-likeness (QED) is 0.588. The van der Waals surface area contributed by atoms with Gasteiger partial charge in [0, 0.05) is 5.56 Å². The van der Waals surface area contributed by atoms with Gasteiger partial charge in [-0.15, -0.1) is 0 Å². The van der Waals surface area contributed by atoms with E-state index in [9.17, 15) is 9.18 Å². The zero-order chi connectivity index (χ0) is 13.8. The van der Waals surface area contributed by atoms with E-state index in [-0.39, 0.29) is 11.6 Å². The molecule has 0 aromatic heterocycles. The summed E-state index contributed by atoms with van der Waals surface area (Å²) in [5, 5.41) is 0. The second-order valence-corrected chi connectivity index (χ2v) is 4.55. The van der Waals surface area contributed by atoms with Crippen LogP contribution in [0.4, 0.5) is 4.39 Å². The van der Waals surface area contributed by atoms with E-state index >= 15 is 0 Å². The molecule has 0 saturated heterocycles. The van der Waals surface area contributed by atoms with Crippen molar-refractivity contribution >= 4 is 11.9 Å². The average molecular weight is 254 g/mol. The van der Waals surface area contributed by atoms with Crippen LogP contribution in [-0.4, -0.2) is 5.78 Å². The molecule has 0 amide bonds. The van der Waals surface area contributed by atoms with Gasteiger partial charge in [0.2, 0.25) is 0 Å². The van der Waals surface area contributed by atoms with Crippen molar-refractivity contribution in [3.8, 4) is 0 Å². The highest BCUT2D eigenvalue weighted by Crippen LogP contribution is 2.12. The van der Waals surface area contributed by atoms with Gasteiger partial charge in [0.1, 0.15) is 5.82 Å². The van der Waals surface area contributed by atoms with Crippen LogP contribution >= 0.6 is 0 Å². The number of rotatable bonds is 3. The summed E-state index contributed by atoms with van der Waals surface area (Å²) in [7, 11) is 0. The Bertz CT molecular complexity index is 641. The van der Waals surface area contributed by atoms with E-state index < -0.39 is 0 Å². The molecule has 0 aliphatic heterocycles. The number of allylic oxidation sites excluding steroid dienone is 1. The molecular formula is C17H15FO. The Balaban J connectivity index is 2.19. The van der Waals surface area contributed by atoms with E-state index in [0.29, 0.717) is 11.1 Å². The first kappa shape index (κ1) is 13.2. The molecule has 0 N–H and O–H groups in total. The molecule has 2 rings (SSSR count). The summed E-state index contributed by atoms with van der Waals surface area (Å²) in [5.41, 5.74) is 3.57. The molecule has 2 aromatic carbocycles. The van der Waals surface area contributed by atoms with Crippen molar-refractivity contribution in [1.82, 2.24) is 0 Å². The number of ketones is 1. The molecule has 0 unspecified atom stereocenters. The van der Waals surface area contributed by atoms with Gasteiger partial charge >= 0.3 is 0 Å². The molecule has 0 atom stereocenters. The van der Waals surface area contributed by atoms with Gasteiger partial charge in [0.25, 0.3) is 0 Å². The number of carbonyl (C=O) groups excluding carboxylic acids is 1. The van der Waals surface area contributed by atoms with Crippen LogP contribution in [0.3, 0.4) is 0 Å². The predicted octanol–water partition coefficient (Wildman–Crippen LogP) is 4.34. The molecule has 0 saturated carbocycles. The van der Waals surface area contributed by atoms with Gasteiger partial charge in [0.15, 0.2) is 5.78 Å². The van der Waals surface area contributed by atoms with Crippen LogP contribution in [0.2, 0.25) is 0 Å². The molecule has 2 aromatic rings. The van der Waals surface area contributed by atoms with Gasteiger partial charge in [-0.2, -0.15) is 0 Å². The third-order valence-corrected chi connectivity index (χ3v) is 3.07. The van der Waals surface area contributed by atoms with Crippen LogP contribution in [0.1, 0.15) is 27.0 Å². The number of carbonyl (C=O) groups is 1. The van der Waals surface area contributed by atoms with Crippen molar-refractivity contribution in [3.63, 3.8) is 0 Å². The first-order valence-corrected chi connectivity index (χ1v) is 6.11. The summed E-state index contributed by atoms with van der Waals surface area (Å²) < 4.78 is 13.0. The van der Waals surface area contributed by atoms with Gasteiger partial charge in [-0.05, 0) is 54.8 Å². The summed E-state index contributed by atoms with van der Waals surface area (Å²) in [6.45, 7) is 3.98. The summed E-state index contributed by atoms with van der Waals surface area (Å²) in [5.74, 6) is -0.381. The van der Waals surface area contributed by atoms with Gasteiger partial charge in [-0.25, -0.2) is 4.39 Å². The average Bonchev–Trinajstić information content (AvgIpc) is 2.39. The molecule has 0 fully saturated rings. The number of benzene rings is 2. The smallest absolute Gasteiger partial charge is 0.185 e. The van der Waals surface area contributed by atoms with Crippen molar-refractivity contribution in [3.05, 3.63) is 76.6 Å². The van der Waals surface area contributed by atoms with Crippen LogP contribution in [0.15, 0.2) is 48.5 Å². The number of aryl methyl sites for hydroxylation is 2. The minimum atomic E-state index is -0.305. The second-order valence-electron chi connectivity index (χ2n) is 4.55. The minimum absolute atomic E-state index is 0.0765. The van der Waals surface area contributed by atoms with Crippen LogP contribution < -0.4 is 0 Å². The van der Waals surface area contributed by atoms with Crippen LogP contribution in [0.25, 0.3) is 6.08 Å².